The highest BCUT2D eigenvalue weighted by Crippen LogP contribution is 2.26. The highest BCUT2D eigenvalue weighted by atomic mass is 79.9. The minimum atomic E-state index is -0.103. The van der Waals surface area contributed by atoms with Crippen molar-refractivity contribution in [2.75, 3.05) is 0 Å². The summed E-state index contributed by atoms with van der Waals surface area (Å²) in [4.78, 5) is 24.2. The molecule has 0 atom stereocenters. The van der Waals surface area contributed by atoms with Crippen LogP contribution in [0.4, 0.5) is 0 Å². The summed E-state index contributed by atoms with van der Waals surface area (Å²) in [5, 5.41) is 0. The van der Waals surface area contributed by atoms with Crippen LogP contribution in [-0.2, 0) is 0 Å². The van der Waals surface area contributed by atoms with Crippen molar-refractivity contribution < 1.29 is 9.59 Å². The topological polar surface area (TPSA) is 38.5 Å². The second kappa shape index (κ2) is 5.30. The van der Waals surface area contributed by atoms with Crippen LogP contribution in [0.3, 0.4) is 0 Å². The Morgan fingerprint density at radius 2 is 1.86 bits per heavy atom. The molecule has 104 valence electrons. The largest absolute Gasteiger partial charge is 0.313 e. The maximum Gasteiger partial charge on any atom is 0.211 e. The Bertz CT molecular complexity index is 864. The highest BCUT2D eigenvalue weighted by Gasteiger charge is 2.22. The fraction of sp³-hybridized carbons (Fsp3) is 0.0588. The summed E-state index contributed by atoms with van der Waals surface area (Å²) < 4.78 is 2.52. The van der Waals surface area contributed by atoms with Crippen molar-refractivity contribution in [3.63, 3.8) is 0 Å². The highest BCUT2D eigenvalue weighted by molar-refractivity contribution is 9.10. The van der Waals surface area contributed by atoms with Gasteiger partial charge in [0.2, 0.25) is 5.78 Å². The molecule has 2 aromatic heterocycles. The third kappa shape index (κ3) is 2.12. The number of carbonyl (C=O) groups is 2. The first kappa shape index (κ1) is 13.8. The van der Waals surface area contributed by atoms with Gasteiger partial charge in [-0.2, -0.15) is 0 Å². The maximum atomic E-state index is 12.9. The van der Waals surface area contributed by atoms with Gasteiger partial charge >= 0.3 is 0 Å². The molecule has 0 radical (unpaired) electrons. The average Bonchev–Trinajstić information content (AvgIpc) is 2.78. The van der Waals surface area contributed by atoms with E-state index >= 15 is 0 Å². The Hall–Kier alpha value is -2.20. The molecule has 3 nitrogen and oxygen atoms in total. The van der Waals surface area contributed by atoms with Crippen molar-refractivity contribution in [2.24, 2.45) is 0 Å². The Balaban J connectivity index is 2.31. The van der Waals surface area contributed by atoms with Crippen LogP contribution >= 0.6 is 15.9 Å². The first-order valence-electron chi connectivity index (χ1n) is 6.49. The second-order valence-electron chi connectivity index (χ2n) is 4.77. The molecule has 2 heterocycles. The Morgan fingerprint density at radius 3 is 2.57 bits per heavy atom. The molecule has 0 saturated carbocycles. The van der Waals surface area contributed by atoms with E-state index < -0.39 is 0 Å². The lowest BCUT2D eigenvalue weighted by molar-refractivity contribution is 0.103. The van der Waals surface area contributed by atoms with Crippen molar-refractivity contribution >= 4 is 33.5 Å². The maximum absolute atomic E-state index is 12.9. The van der Waals surface area contributed by atoms with Gasteiger partial charge in [-0.15, -0.1) is 0 Å². The van der Waals surface area contributed by atoms with E-state index in [2.05, 4.69) is 15.9 Å². The van der Waals surface area contributed by atoms with Crippen molar-refractivity contribution in [3.05, 3.63) is 75.5 Å². The van der Waals surface area contributed by atoms with Crippen LogP contribution in [0.25, 0.3) is 5.52 Å². The predicted octanol–water partition coefficient (Wildman–Crippen LogP) is 4.05. The smallest absolute Gasteiger partial charge is 0.211 e. The minimum Gasteiger partial charge on any atom is -0.313 e. The summed E-state index contributed by atoms with van der Waals surface area (Å²) >= 11 is 3.41. The lowest BCUT2D eigenvalue weighted by Crippen LogP contribution is -2.07. The number of pyridine rings is 1. The number of ketones is 1. The average molecular weight is 342 g/mol. The van der Waals surface area contributed by atoms with Gasteiger partial charge in [-0.1, -0.05) is 34.1 Å². The number of aromatic nitrogens is 1. The number of hydrogen-bond donors (Lipinski definition) is 0. The summed E-state index contributed by atoms with van der Waals surface area (Å²) in [5.41, 5.74) is 3.13. The van der Waals surface area contributed by atoms with Gasteiger partial charge < -0.3 is 4.40 Å². The van der Waals surface area contributed by atoms with Gasteiger partial charge in [0.15, 0.2) is 6.29 Å². The zero-order chi connectivity index (χ0) is 15.0. The lowest BCUT2D eigenvalue weighted by Gasteiger charge is -2.05. The van der Waals surface area contributed by atoms with Crippen LogP contribution in [0, 0.1) is 6.92 Å². The molecular weight excluding hydrogens is 330 g/mol. The molecule has 0 spiro atoms. The van der Waals surface area contributed by atoms with E-state index in [9.17, 15) is 9.59 Å². The third-order valence-corrected chi connectivity index (χ3v) is 4.28. The number of aldehydes is 1. The van der Waals surface area contributed by atoms with Crippen molar-refractivity contribution in [1.82, 2.24) is 4.40 Å². The molecule has 0 saturated heterocycles. The van der Waals surface area contributed by atoms with Crippen LogP contribution in [0.1, 0.15) is 32.0 Å². The third-order valence-electron chi connectivity index (χ3n) is 3.59. The molecule has 0 aliphatic heterocycles. The zero-order valence-electron chi connectivity index (χ0n) is 11.3. The van der Waals surface area contributed by atoms with Gasteiger partial charge in [0, 0.05) is 21.8 Å². The van der Waals surface area contributed by atoms with E-state index in [4.69, 9.17) is 0 Å². The molecule has 1 aromatic carbocycles. The molecule has 0 aliphatic carbocycles. The molecule has 3 aromatic rings. The number of hydrogen-bond acceptors (Lipinski definition) is 2. The van der Waals surface area contributed by atoms with E-state index in [1.807, 2.05) is 36.4 Å². The molecule has 0 amide bonds. The van der Waals surface area contributed by atoms with Gasteiger partial charge in [-0.3, -0.25) is 9.59 Å². The molecule has 0 unspecified atom stereocenters. The van der Waals surface area contributed by atoms with E-state index in [1.165, 1.54) is 0 Å². The van der Waals surface area contributed by atoms with Crippen LogP contribution in [0.5, 0.6) is 0 Å². The van der Waals surface area contributed by atoms with Crippen LogP contribution in [0.2, 0.25) is 0 Å². The number of carbonyl (C=O) groups excluding carboxylic acids is 2. The first-order chi connectivity index (χ1) is 10.1. The van der Waals surface area contributed by atoms with E-state index in [0.29, 0.717) is 22.4 Å². The van der Waals surface area contributed by atoms with Gasteiger partial charge in [0.05, 0.1) is 11.2 Å². The number of fused-ring (bicyclic) bond motifs is 1. The van der Waals surface area contributed by atoms with Crippen LogP contribution in [0.15, 0.2) is 53.1 Å². The Labute approximate surface area is 130 Å². The van der Waals surface area contributed by atoms with Gasteiger partial charge in [0.1, 0.15) is 0 Å². The minimum absolute atomic E-state index is 0.103. The number of halogens is 1. The second-order valence-corrected chi connectivity index (χ2v) is 5.62. The predicted molar refractivity (Wildman–Crippen MR) is 85.1 cm³/mol. The van der Waals surface area contributed by atoms with E-state index in [1.54, 1.807) is 23.6 Å². The van der Waals surface area contributed by atoms with Gasteiger partial charge in [0.25, 0.3) is 0 Å². The van der Waals surface area contributed by atoms with Crippen molar-refractivity contribution in [3.8, 4) is 0 Å². The van der Waals surface area contributed by atoms with Gasteiger partial charge in [-0.05, 0) is 36.8 Å². The molecule has 3 rings (SSSR count). The molecule has 21 heavy (non-hydrogen) atoms. The standard InChI is InChI=1S/C17H12BrNO2/c1-11-13(10-20)15-8-4-5-9-19(15)16(11)17(21)12-6-2-3-7-14(12)18/h2-10H,1H3. The lowest BCUT2D eigenvalue weighted by atomic mass is 10.0. The number of nitrogens with zero attached hydrogens (tertiary/aromatic N) is 1. The van der Waals surface area contributed by atoms with Gasteiger partial charge in [-0.25, -0.2) is 0 Å². The molecular formula is C17H12BrNO2. The van der Waals surface area contributed by atoms with Crippen molar-refractivity contribution in [1.29, 1.82) is 0 Å². The Kier molecular flexibility index (Phi) is 3.47. The number of rotatable bonds is 3. The summed E-state index contributed by atoms with van der Waals surface area (Å²) in [7, 11) is 0. The van der Waals surface area contributed by atoms with E-state index in [0.717, 1.165) is 16.3 Å². The normalized spacial score (nSPS) is 10.8. The quantitative estimate of drug-likeness (QED) is 0.532. The monoisotopic (exact) mass is 341 g/mol. The summed E-state index contributed by atoms with van der Waals surface area (Å²) in [6.45, 7) is 1.81. The van der Waals surface area contributed by atoms with Crippen molar-refractivity contribution in [2.45, 2.75) is 6.92 Å². The molecule has 4 heteroatoms. The fourth-order valence-electron chi connectivity index (χ4n) is 2.56. The molecule has 0 fully saturated rings. The summed E-state index contributed by atoms with van der Waals surface area (Å²) in [5.74, 6) is -0.103. The molecule has 0 bridgehead atoms. The molecule has 0 N–H and O–H groups in total. The SMILES string of the molecule is Cc1c(C=O)c2ccccn2c1C(=O)c1ccccc1Br. The first-order valence-corrected chi connectivity index (χ1v) is 7.28. The fourth-order valence-corrected chi connectivity index (χ4v) is 3.02. The van der Waals surface area contributed by atoms with E-state index in [-0.39, 0.29) is 5.78 Å². The van der Waals surface area contributed by atoms with Crippen LogP contribution < -0.4 is 0 Å². The Morgan fingerprint density at radius 1 is 1.14 bits per heavy atom. The zero-order valence-corrected chi connectivity index (χ0v) is 12.9. The summed E-state index contributed by atoms with van der Waals surface area (Å²) in [6, 6.07) is 12.8. The summed E-state index contributed by atoms with van der Waals surface area (Å²) in [6.07, 6.45) is 2.61. The van der Waals surface area contributed by atoms with Crippen LogP contribution in [-0.4, -0.2) is 16.5 Å². The molecule has 0 aliphatic rings. The number of benzene rings is 1.